The fraction of sp³-hybridized carbons (Fsp3) is 0.267. The number of nitrogens with one attached hydrogen (secondary N) is 1. The van der Waals surface area contributed by atoms with Crippen molar-refractivity contribution in [2.45, 2.75) is 13.5 Å². The second-order valence-electron chi connectivity index (χ2n) is 4.98. The Balaban J connectivity index is 1.93. The highest BCUT2D eigenvalue weighted by Crippen LogP contribution is 2.32. The van der Waals surface area contributed by atoms with E-state index in [-0.39, 0.29) is 12.5 Å². The highest BCUT2D eigenvalue weighted by atomic mass is 35.5. The molecule has 2 rings (SSSR count). The molecule has 22 heavy (non-hydrogen) atoms. The van der Waals surface area contributed by atoms with Gasteiger partial charge in [0.2, 0.25) is 5.91 Å². The standard InChI is InChI=1S/C15H15Cl3N2O2/c1-9-3-4-10(22-9)7-20(2)8-15(21)19-14-6-12(17)11(16)5-13(14)18/h3-6H,7-8H2,1-2H3,(H,19,21). The smallest absolute Gasteiger partial charge is 0.238 e. The van der Waals surface area contributed by atoms with Gasteiger partial charge in [-0.05, 0) is 38.2 Å². The van der Waals surface area contributed by atoms with Gasteiger partial charge in [0.1, 0.15) is 11.5 Å². The van der Waals surface area contributed by atoms with E-state index in [9.17, 15) is 4.79 Å². The van der Waals surface area contributed by atoms with Crippen LogP contribution in [0.25, 0.3) is 0 Å². The Hall–Kier alpha value is -1.20. The van der Waals surface area contributed by atoms with Gasteiger partial charge in [-0.1, -0.05) is 34.8 Å². The van der Waals surface area contributed by atoms with E-state index in [0.29, 0.717) is 27.3 Å². The number of carbonyl (C=O) groups excluding carboxylic acids is 1. The van der Waals surface area contributed by atoms with Crippen LogP contribution in [0.1, 0.15) is 11.5 Å². The van der Waals surface area contributed by atoms with Crippen LogP contribution < -0.4 is 5.32 Å². The van der Waals surface area contributed by atoms with Gasteiger partial charge in [0, 0.05) is 0 Å². The minimum atomic E-state index is -0.203. The lowest BCUT2D eigenvalue weighted by atomic mass is 10.3. The molecule has 4 nitrogen and oxygen atoms in total. The third kappa shape index (κ3) is 4.65. The van der Waals surface area contributed by atoms with Gasteiger partial charge in [-0.15, -0.1) is 0 Å². The zero-order chi connectivity index (χ0) is 16.3. The fourth-order valence-electron chi connectivity index (χ4n) is 1.95. The number of benzene rings is 1. The first-order valence-electron chi connectivity index (χ1n) is 6.53. The van der Waals surface area contributed by atoms with Gasteiger partial charge in [-0.2, -0.15) is 0 Å². The maximum Gasteiger partial charge on any atom is 0.238 e. The zero-order valence-electron chi connectivity index (χ0n) is 12.1. The summed E-state index contributed by atoms with van der Waals surface area (Å²) in [5, 5.41) is 3.73. The van der Waals surface area contributed by atoms with Crippen LogP contribution in [0.5, 0.6) is 0 Å². The zero-order valence-corrected chi connectivity index (χ0v) is 14.4. The van der Waals surface area contributed by atoms with Crippen molar-refractivity contribution >= 4 is 46.4 Å². The second kappa shape index (κ2) is 7.38. The SMILES string of the molecule is Cc1ccc(CN(C)CC(=O)Nc2cc(Cl)c(Cl)cc2Cl)o1. The molecular weight excluding hydrogens is 347 g/mol. The van der Waals surface area contributed by atoms with Gasteiger partial charge >= 0.3 is 0 Å². The number of hydrogen-bond acceptors (Lipinski definition) is 3. The number of likely N-dealkylation sites (N-methyl/N-ethyl adjacent to an activating group) is 1. The molecule has 0 aliphatic rings. The molecule has 0 aliphatic carbocycles. The summed E-state index contributed by atoms with van der Waals surface area (Å²) in [7, 11) is 1.83. The Morgan fingerprint density at radius 3 is 2.50 bits per heavy atom. The molecule has 1 aromatic heterocycles. The van der Waals surface area contributed by atoms with E-state index in [1.165, 1.54) is 12.1 Å². The maximum atomic E-state index is 12.0. The van der Waals surface area contributed by atoms with Gasteiger partial charge in [-0.25, -0.2) is 0 Å². The summed E-state index contributed by atoms with van der Waals surface area (Å²) in [6.07, 6.45) is 0. The van der Waals surface area contributed by atoms with E-state index in [1.54, 1.807) is 0 Å². The number of furan rings is 1. The summed E-state index contributed by atoms with van der Waals surface area (Å²) in [6, 6.07) is 6.80. The fourth-order valence-corrected chi connectivity index (χ4v) is 2.54. The van der Waals surface area contributed by atoms with Gasteiger partial charge in [0.05, 0.1) is 33.8 Å². The molecule has 118 valence electrons. The van der Waals surface area contributed by atoms with E-state index >= 15 is 0 Å². The average Bonchev–Trinajstić information content (AvgIpc) is 2.81. The molecule has 0 saturated carbocycles. The van der Waals surface area contributed by atoms with Crippen molar-refractivity contribution < 1.29 is 9.21 Å². The molecule has 0 atom stereocenters. The van der Waals surface area contributed by atoms with E-state index in [1.807, 2.05) is 31.0 Å². The molecule has 0 spiro atoms. The van der Waals surface area contributed by atoms with Crippen molar-refractivity contribution in [1.29, 1.82) is 0 Å². The Labute approximate surface area is 143 Å². The van der Waals surface area contributed by atoms with Crippen molar-refractivity contribution in [2.24, 2.45) is 0 Å². The predicted molar refractivity (Wildman–Crippen MR) is 89.9 cm³/mol. The lowest BCUT2D eigenvalue weighted by Crippen LogP contribution is -2.29. The number of rotatable bonds is 5. The molecule has 7 heteroatoms. The van der Waals surface area contributed by atoms with Crippen molar-refractivity contribution in [3.05, 3.63) is 50.9 Å². The quantitative estimate of drug-likeness (QED) is 0.790. The Kier molecular flexibility index (Phi) is 5.75. The minimum Gasteiger partial charge on any atom is -0.465 e. The van der Waals surface area contributed by atoms with Crippen molar-refractivity contribution in [3.8, 4) is 0 Å². The van der Waals surface area contributed by atoms with E-state index in [2.05, 4.69) is 5.32 Å². The third-order valence-electron chi connectivity index (χ3n) is 2.92. The summed E-state index contributed by atoms with van der Waals surface area (Å²) < 4.78 is 5.48. The minimum absolute atomic E-state index is 0.191. The monoisotopic (exact) mass is 360 g/mol. The van der Waals surface area contributed by atoms with Crippen LogP contribution in [0.3, 0.4) is 0 Å². The van der Waals surface area contributed by atoms with Crippen molar-refractivity contribution in [2.75, 3.05) is 18.9 Å². The maximum absolute atomic E-state index is 12.0. The largest absolute Gasteiger partial charge is 0.465 e. The van der Waals surface area contributed by atoms with Gasteiger partial charge in [0.15, 0.2) is 0 Å². The first-order chi connectivity index (χ1) is 10.3. The number of aryl methyl sites for hydroxylation is 1. The van der Waals surface area contributed by atoms with Crippen molar-refractivity contribution in [1.82, 2.24) is 4.90 Å². The normalized spacial score (nSPS) is 11.0. The summed E-state index contributed by atoms with van der Waals surface area (Å²) in [6.45, 7) is 2.61. The van der Waals surface area contributed by atoms with Crippen LogP contribution in [0, 0.1) is 6.92 Å². The molecule has 0 radical (unpaired) electrons. The number of carbonyl (C=O) groups is 1. The average molecular weight is 362 g/mol. The Bertz CT molecular complexity index is 685. The van der Waals surface area contributed by atoms with Crippen LogP contribution >= 0.6 is 34.8 Å². The second-order valence-corrected chi connectivity index (χ2v) is 6.20. The lowest BCUT2D eigenvalue weighted by Gasteiger charge is -2.15. The van der Waals surface area contributed by atoms with E-state index < -0.39 is 0 Å². The summed E-state index contributed by atoms with van der Waals surface area (Å²) >= 11 is 17.8. The summed E-state index contributed by atoms with van der Waals surface area (Å²) in [5.41, 5.74) is 0.434. The number of hydrogen-bond donors (Lipinski definition) is 1. The molecule has 0 aliphatic heterocycles. The first-order valence-corrected chi connectivity index (χ1v) is 7.67. The van der Waals surface area contributed by atoms with Gasteiger partial charge in [0.25, 0.3) is 0 Å². The highest BCUT2D eigenvalue weighted by Gasteiger charge is 2.12. The highest BCUT2D eigenvalue weighted by molar-refractivity contribution is 6.44. The Morgan fingerprint density at radius 1 is 1.18 bits per heavy atom. The van der Waals surface area contributed by atoms with Crippen LogP contribution in [0.2, 0.25) is 15.1 Å². The lowest BCUT2D eigenvalue weighted by molar-refractivity contribution is -0.117. The molecule has 0 unspecified atom stereocenters. The van der Waals surface area contributed by atoms with Crippen molar-refractivity contribution in [3.63, 3.8) is 0 Å². The van der Waals surface area contributed by atoms with Crippen LogP contribution in [-0.2, 0) is 11.3 Å². The molecule has 1 aromatic carbocycles. The summed E-state index contributed by atoms with van der Waals surface area (Å²) in [5.74, 6) is 1.45. The molecule has 1 heterocycles. The number of amides is 1. The molecule has 1 N–H and O–H groups in total. The van der Waals surface area contributed by atoms with Crippen LogP contribution in [0.4, 0.5) is 5.69 Å². The number of anilines is 1. The molecule has 0 fully saturated rings. The van der Waals surface area contributed by atoms with E-state index in [4.69, 9.17) is 39.2 Å². The molecule has 1 amide bonds. The Morgan fingerprint density at radius 2 is 1.86 bits per heavy atom. The summed E-state index contributed by atoms with van der Waals surface area (Å²) in [4.78, 5) is 13.9. The molecule has 2 aromatic rings. The topological polar surface area (TPSA) is 45.5 Å². The molecule has 0 saturated heterocycles. The van der Waals surface area contributed by atoms with Crippen LogP contribution in [-0.4, -0.2) is 24.4 Å². The molecule has 0 bridgehead atoms. The third-order valence-corrected chi connectivity index (χ3v) is 3.95. The molecular formula is C15H15Cl3N2O2. The number of halogens is 3. The first kappa shape index (κ1) is 17.2. The predicted octanol–water partition coefficient (Wildman–Crippen LogP) is 4.62. The van der Waals surface area contributed by atoms with Gasteiger partial charge < -0.3 is 9.73 Å². The van der Waals surface area contributed by atoms with Gasteiger partial charge in [-0.3, -0.25) is 9.69 Å². The number of nitrogens with zero attached hydrogens (tertiary/aromatic N) is 1. The van der Waals surface area contributed by atoms with Crippen LogP contribution in [0.15, 0.2) is 28.7 Å². The van der Waals surface area contributed by atoms with E-state index in [0.717, 1.165) is 11.5 Å².